The molecule has 0 spiro atoms. The van der Waals surface area contributed by atoms with Gasteiger partial charge < -0.3 is 38.6 Å². The Kier molecular flexibility index (Phi) is 29.5. The van der Waals surface area contributed by atoms with Gasteiger partial charge in [0.05, 0.1) is 52.9 Å². The second kappa shape index (κ2) is 25.4. The number of methoxy groups -OCH3 is 2. The predicted octanol–water partition coefficient (Wildman–Crippen LogP) is -0.501. The predicted molar refractivity (Wildman–Crippen MR) is 82.3 cm³/mol. The molecule has 0 amide bonds. The Morgan fingerprint density at radius 3 is 1.16 bits per heavy atom. The number of ether oxygens (including phenoxy) is 6. The maximum Gasteiger partial charge on any atom is 0.329 e. The zero-order chi connectivity index (χ0) is 18.5. The molecule has 0 aromatic heterocycles. The van der Waals surface area contributed by atoms with Crippen molar-refractivity contribution in [2.45, 2.75) is 0 Å². The number of aliphatic carboxylic acids is 2. The number of hydrogen-bond donors (Lipinski definition) is 2. The average Bonchev–Trinajstić information content (AvgIpc) is 2.53. The molecule has 0 heterocycles. The minimum Gasteiger partial charge on any atom is -0.480 e. The zero-order valence-corrected chi connectivity index (χ0v) is 15.6. The third-order valence-corrected chi connectivity index (χ3v) is 2.06. The Balaban J connectivity index is -0.000000372. The van der Waals surface area contributed by atoms with Crippen LogP contribution in [-0.4, -0.2) is 102 Å². The van der Waals surface area contributed by atoms with Crippen molar-refractivity contribution in [3.05, 3.63) is 0 Å². The molecule has 153 valence electrons. The van der Waals surface area contributed by atoms with Gasteiger partial charge in [-0.1, -0.05) is 0 Å². The molecule has 0 atom stereocenters. The standard InChI is InChI=1S/2C7H14O5.Co/c2*1-10-2-3-11-4-5-12-6-7(8)9;/h2*2-6H2,1H3,(H,8,9);. The van der Waals surface area contributed by atoms with Crippen LogP contribution in [0.15, 0.2) is 0 Å². The van der Waals surface area contributed by atoms with Crippen molar-refractivity contribution in [1.29, 1.82) is 0 Å². The van der Waals surface area contributed by atoms with Gasteiger partial charge in [0.2, 0.25) is 0 Å². The molecule has 0 unspecified atom stereocenters. The van der Waals surface area contributed by atoms with E-state index in [0.29, 0.717) is 52.9 Å². The Morgan fingerprint density at radius 1 is 0.600 bits per heavy atom. The number of rotatable bonds is 16. The first-order valence-electron chi connectivity index (χ1n) is 7.27. The fraction of sp³-hybridized carbons (Fsp3) is 0.857. The summed E-state index contributed by atoms with van der Waals surface area (Å²) >= 11 is 0. The molecule has 0 bridgehead atoms. The maximum absolute atomic E-state index is 9.95. The van der Waals surface area contributed by atoms with E-state index in [2.05, 4.69) is 0 Å². The van der Waals surface area contributed by atoms with Crippen molar-refractivity contribution in [2.75, 3.05) is 80.3 Å². The van der Waals surface area contributed by atoms with Gasteiger partial charge in [-0.15, -0.1) is 0 Å². The van der Waals surface area contributed by atoms with Crippen LogP contribution in [0.4, 0.5) is 0 Å². The molecule has 0 fully saturated rings. The Hall–Kier alpha value is -0.794. The molecule has 1 radical (unpaired) electrons. The molecule has 25 heavy (non-hydrogen) atoms. The fourth-order valence-corrected chi connectivity index (χ4v) is 1.04. The summed E-state index contributed by atoms with van der Waals surface area (Å²) < 4.78 is 28.9. The van der Waals surface area contributed by atoms with Crippen LogP contribution in [0.25, 0.3) is 0 Å². The molecular formula is C14H28CoO10. The van der Waals surface area contributed by atoms with Crippen LogP contribution < -0.4 is 0 Å². The Morgan fingerprint density at radius 2 is 0.880 bits per heavy atom. The fourth-order valence-electron chi connectivity index (χ4n) is 1.04. The molecule has 0 aliphatic carbocycles. The van der Waals surface area contributed by atoms with Crippen molar-refractivity contribution in [2.24, 2.45) is 0 Å². The number of carboxylic acid groups (broad SMARTS) is 2. The van der Waals surface area contributed by atoms with Crippen molar-refractivity contribution >= 4 is 11.9 Å². The molecule has 0 aliphatic heterocycles. The summed E-state index contributed by atoms with van der Waals surface area (Å²) in [6.45, 7) is 2.96. The van der Waals surface area contributed by atoms with E-state index in [9.17, 15) is 9.59 Å². The summed E-state index contributed by atoms with van der Waals surface area (Å²) in [6, 6.07) is 0. The van der Waals surface area contributed by atoms with Gasteiger partial charge in [0.15, 0.2) is 0 Å². The normalized spacial score (nSPS) is 9.68. The third kappa shape index (κ3) is 35.3. The summed E-state index contributed by atoms with van der Waals surface area (Å²) in [5, 5.41) is 16.3. The van der Waals surface area contributed by atoms with E-state index in [4.69, 9.17) is 38.6 Å². The van der Waals surface area contributed by atoms with E-state index in [1.807, 2.05) is 0 Å². The van der Waals surface area contributed by atoms with Gasteiger partial charge in [-0.2, -0.15) is 0 Å². The summed E-state index contributed by atoms with van der Waals surface area (Å²) in [7, 11) is 3.18. The average molecular weight is 415 g/mol. The van der Waals surface area contributed by atoms with Crippen LogP contribution >= 0.6 is 0 Å². The molecule has 0 aromatic carbocycles. The van der Waals surface area contributed by atoms with Crippen LogP contribution in [-0.2, 0) is 54.8 Å². The van der Waals surface area contributed by atoms with E-state index in [1.54, 1.807) is 14.2 Å². The van der Waals surface area contributed by atoms with Crippen LogP contribution in [0.5, 0.6) is 0 Å². The molecule has 0 aliphatic rings. The summed E-state index contributed by atoms with van der Waals surface area (Å²) in [5.74, 6) is -1.93. The second-order valence-corrected chi connectivity index (χ2v) is 4.10. The van der Waals surface area contributed by atoms with Crippen LogP contribution in [0.2, 0.25) is 0 Å². The maximum atomic E-state index is 9.95. The van der Waals surface area contributed by atoms with Crippen molar-refractivity contribution < 1.29 is 65.0 Å². The third-order valence-electron chi connectivity index (χ3n) is 2.06. The summed E-state index contributed by atoms with van der Waals surface area (Å²) in [6.07, 6.45) is 0. The number of carbonyl (C=O) groups is 2. The second-order valence-electron chi connectivity index (χ2n) is 4.10. The Bertz CT molecular complexity index is 263. The van der Waals surface area contributed by atoms with Gasteiger partial charge in [0.25, 0.3) is 0 Å². The van der Waals surface area contributed by atoms with Gasteiger partial charge in [0, 0.05) is 31.0 Å². The van der Waals surface area contributed by atoms with Gasteiger partial charge in [-0.3, -0.25) is 0 Å². The molecule has 10 nitrogen and oxygen atoms in total. The summed E-state index contributed by atoms with van der Waals surface area (Å²) in [4.78, 5) is 19.9. The molecule has 0 aromatic rings. The molecular weight excluding hydrogens is 387 g/mol. The van der Waals surface area contributed by atoms with Crippen LogP contribution in [0, 0.1) is 0 Å². The van der Waals surface area contributed by atoms with E-state index >= 15 is 0 Å². The van der Waals surface area contributed by atoms with Gasteiger partial charge in [0.1, 0.15) is 13.2 Å². The summed E-state index contributed by atoms with van der Waals surface area (Å²) in [5.41, 5.74) is 0. The monoisotopic (exact) mass is 415 g/mol. The van der Waals surface area contributed by atoms with Crippen LogP contribution in [0.3, 0.4) is 0 Å². The molecule has 0 saturated carbocycles. The minimum absolute atomic E-state index is 0. The van der Waals surface area contributed by atoms with Gasteiger partial charge in [-0.25, -0.2) is 9.59 Å². The van der Waals surface area contributed by atoms with Crippen molar-refractivity contribution in [1.82, 2.24) is 0 Å². The van der Waals surface area contributed by atoms with Crippen molar-refractivity contribution in [3.63, 3.8) is 0 Å². The first-order chi connectivity index (χ1) is 11.5. The number of hydrogen-bond acceptors (Lipinski definition) is 8. The van der Waals surface area contributed by atoms with Crippen molar-refractivity contribution in [3.8, 4) is 0 Å². The Labute approximate surface area is 157 Å². The minimum atomic E-state index is -0.966. The first-order valence-corrected chi connectivity index (χ1v) is 7.27. The van der Waals surface area contributed by atoms with Gasteiger partial charge in [-0.05, 0) is 0 Å². The van der Waals surface area contributed by atoms with E-state index in [-0.39, 0.29) is 30.0 Å². The molecule has 0 saturated heterocycles. The SMILES string of the molecule is COCCOCCOCC(=O)O.COCCOCCOCC(=O)O.[Co]. The topological polar surface area (TPSA) is 130 Å². The smallest absolute Gasteiger partial charge is 0.329 e. The quantitative estimate of drug-likeness (QED) is 0.318. The largest absolute Gasteiger partial charge is 0.480 e. The van der Waals surface area contributed by atoms with E-state index < -0.39 is 11.9 Å². The molecule has 11 heteroatoms. The molecule has 0 rings (SSSR count). The van der Waals surface area contributed by atoms with Crippen LogP contribution in [0.1, 0.15) is 0 Å². The van der Waals surface area contributed by atoms with E-state index in [0.717, 1.165) is 0 Å². The van der Waals surface area contributed by atoms with E-state index in [1.165, 1.54) is 0 Å². The first kappa shape index (κ1) is 29.0. The van der Waals surface area contributed by atoms with Gasteiger partial charge >= 0.3 is 11.9 Å². The number of carboxylic acids is 2. The zero-order valence-electron chi connectivity index (χ0n) is 14.6. The molecule has 2 N–H and O–H groups in total.